The van der Waals surface area contributed by atoms with Crippen LogP contribution in [0.5, 0.6) is 0 Å². The topological polar surface area (TPSA) is 41.6 Å². The number of nitrogens with zero attached hydrogens (tertiary/aromatic N) is 1. The second-order valence-corrected chi connectivity index (χ2v) is 7.65. The summed E-state index contributed by atoms with van der Waals surface area (Å²) in [5, 5.41) is 3.61. The van der Waals surface area contributed by atoms with E-state index in [1.165, 1.54) is 6.07 Å². The molecule has 138 valence electrons. The molecule has 0 radical (unpaired) electrons. The molecule has 2 aromatic carbocycles. The largest absolute Gasteiger partial charge is 0.379 e. The number of nitrogens with one attached hydrogen (secondary N) is 1. The van der Waals surface area contributed by atoms with Gasteiger partial charge in [0.05, 0.1) is 19.3 Å². The number of rotatable bonds is 5. The van der Waals surface area contributed by atoms with Crippen molar-refractivity contribution < 1.29 is 13.9 Å². The van der Waals surface area contributed by atoms with Crippen molar-refractivity contribution in [3.05, 3.63) is 68.0 Å². The van der Waals surface area contributed by atoms with Gasteiger partial charge in [-0.1, -0.05) is 23.7 Å². The average Bonchev–Trinajstić information content (AvgIpc) is 2.66. The molecule has 0 spiro atoms. The van der Waals surface area contributed by atoms with Gasteiger partial charge in [-0.05, 0) is 58.5 Å². The van der Waals surface area contributed by atoms with E-state index in [1.54, 1.807) is 12.1 Å². The quantitative estimate of drug-likeness (QED) is 0.650. The van der Waals surface area contributed by atoms with E-state index in [9.17, 15) is 9.18 Å². The lowest BCUT2D eigenvalue weighted by Crippen LogP contribution is -2.43. The van der Waals surface area contributed by atoms with Gasteiger partial charge in [-0.25, -0.2) is 4.39 Å². The normalized spacial score (nSPS) is 16.3. The van der Waals surface area contributed by atoms with Gasteiger partial charge >= 0.3 is 0 Å². The molecule has 1 aliphatic rings. The molecule has 1 heterocycles. The van der Waals surface area contributed by atoms with Crippen molar-refractivity contribution in [2.24, 2.45) is 0 Å². The molecule has 1 aliphatic heterocycles. The van der Waals surface area contributed by atoms with Gasteiger partial charge in [-0.2, -0.15) is 0 Å². The van der Waals surface area contributed by atoms with Crippen LogP contribution in [0.15, 0.2) is 42.5 Å². The van der Waals surface area contributed by atoms with E-state index in [0.29, 0.717) is 33.9 Å². The van der Waals surface area contributed by atoms with Crippen molar-refractivity contribution in [3.8, 4) is 0 Å². The van der Waals surface area contributed by atoms with Crippen molar-refractivity contribution in [1.82, 2.24) is 10.2 Å². The molecule has 1 fully saturated rings. The molecule has 0 aromatic heterocycles. The predicted octanol–water partition coefficient (Wildman–Crippen LogP) is 3.89. The van der Waals surface area contributed by atoms with Gasteiger partial charge < -0.3 is 10.1 Å². The van der Waals surface area contributed by atoms with Gasteiger partial charge in [-0.15, -0.1) is 0 Å². The fourth-order valence-corrected chi connectivity index (χ4v) is 3.42. The Kier molecular flexibility index (Phi) is 6.86. The minimum atomic E-state index is -0.388. The Morgan fingerprint density at radius 2 is 1.92 bits per heavy atom. The molecule has 3 rings (SSSR count). The second kappa shape index (κ2) is 9.12. The average molecular weight is 489 g/mol. The number of halogens is 3. The van der Waals surface area contributed by atoms with Crippen LogP contribution in [0.25, 0.3) is 0 Å². The van der Waals surface area contributed by atoms with Gasteiger partial charge in [-0.3, -0.25) is 9.69 Å². The molecule has 1 saturated heterocycles. The lowest BCUT2D eigenvalue weighted by molar-refractivity contribution is 0.0162. The van der Waals surface area contributed by atoms with Crippen LogP contribution in [0.2, 0.25) is 5.02 Å². The number of hydrogen-bond acceptors (Lipinski definition) is 3. The summed E-state index contributed by atoms with van der Waals surface area (Å²) in [5.41, 5.74) is 1.39. The van der Waals surface area contributed by atoms with E-state index in [0.717, 1.165) is 18.7 Å². The van der Waals surface area contributed by atoms with Gasteiger partial charge in [0.2, 0.25) is 0 Å². The highest BCUT2D eigenvalue weighted by atomic mass is 127. The lowest BCUT2D eigenvalue weighted by Gasteiger charge is -2.35. The lowest BCUT2D eigenvalue weighted by atomic mass is 10.0. The van der Waals surface area contributed by atoms with E-state index >= 15 is 0 Å². The minimum Gasteiger partial charge on any atom is -0.379 e. The summed E-state index contributed by atoms with van der Waals surface area (Å²) < 4.78 is 19.6. The summed E-state index contributed by atoms with van der Waals surface area (Å²) in [6, 6.07) is 12.1. The number of benzene rings is 2. The number of hydrogen-bond donors (Lipinski definition) is 1. The van der Waals surface area contributed by atoms with Crippen molar-refractivity contribution in [1.29, 1.82) is 0 Å². The second-order valence-electron chi connectivity index (χ2n) is 6.05. The van der Waals surface area contributed by atoms with Crippen LogP contribution in [-0.2, 0) is 4.74 Å². The summed E-state index contributed by atoms with van der Waals surface area (Å²) in [6.45, 7) is 3.34. The van der Waals surface area contributed by atoms with Crippen LogP contribution in [0.3, 0.4) is 0 Å². The molecule has 0 bridgehead atoms. The van der Waals surface area contributed by atoms with Crippen molar-refractivity contribution in [3.63, 3.8) is 0 Å². The maximum atomic E-state index is 13.7. The maximum absolute atomic E-state index is 13.7. The van der Waals surface area contributed by atoms with Crippen LogP contribution in [0.1, 0.15) is 22.0 Å². The van der Waals surface area contributed by atoms with Gasteiger partial charge in [0, 0.05) is 33.8 Å². The highest BCUT2D eigenvalue weighted by molar-refractivity contribution is 14.1. The van der Waals surface area contributed by atoms with Crippen LogP contribution in [0, 0.1) is 9.39 Å². The van der Waals surface area contributed by atoms with Crippen molar-refractivity contribution >= 4 is 40.1 Å². The molecule has 1 amide bonds. The molecule has 0 aliphatic carbocycles. The fraction of sp³-hybridized carbons (Fsp3) is 0.316. The Hall–Kier alpha value is -1.22. The molecule has 2 aromatic rings. The van der Waals surface area contributed by atoms with E-state index < -0.39 is 0 Å². The highest BCUT2D eigenvalue weighted by Gasteiger charge is 2.23. The van der Waals surface area contributed by atoms with Gasteiger partial charge in [0.15, 0.2) is 0 Å². The number of amides is 1. The summed E-state index contributed by atoms with van der Waals surface area (Å²) in [5.74, 6) is -0.673. The Morgan fingerprint density at radius 3 is 2.58 bits per heavy atom. The van der Waals surface area contributed by atoms with E-state index in [2.05, 4.69) is 10.2 Å². The fourth-order valence-electron chi connectivity index (χ4n) is 2.96. The number of morpholine rings is 1. The van der Waals surface area contributed by atoms with Crippen LogP contribution in [0.4, 0.5) is 4.39 Å². The Morgan fingerprint density at radius 1 is 1.23 bits per heavy atom. The molecule has 0 saturated carbocycles. The summed E-state index contributed by atoms with van der Waals surface area (Å²) in [7, 11) is 0. The molecular formula is C19H19ClFIN2O2. The molecule has 4 nitrogen and oxygen atoms in total. The number of carbonyl (C=O) groups is 1. The third-order valence-corrected chi connectivity index (χ3v) is 5.51. The Bertz CT molecular complexity index is 767. The first-order chi connectivity index (χ1) is 12.5. The number of ether oxygens (including phenoxy) is 1. The monoisotopic (exact) mass is 488 g/mol. The first-order valence-electron chi connectivity index (χ1n) is 8.35. The summed E-state index contributed by atoms with van der Waals surface area (Å²) in [4.78, 5) is 14.7. The van der Waals surface area contributed by atoms with Gasteiger partial charge in [0.25, 0.3) is 5.91 Å². The first kappa shape index (κ1) is 19.5. The zero-order valence-corrected chi connectivity index (χ0v) is 17.0. The molecule has 1 N–H and O–H groups in total. The van der Waals surface area contributed by atoms with Crippen molar-refractivity contribution in [2.75, 3.05) is 32.8 Å². The summed E-state index contributed by atoms with van der Waals surface area (Å²) in [6.07, 6.45) is 0. The third-order valence-electron chi connectivity index (χ3n) is 4.38. The molecular weight excluding hydrogens is 470 g/mol. The zero-order chi connectivity index (χ0) is 18.5. The number of carbonyl (C=O) groups excluding carboxylic acids is 1. The van der Waals surface area contributed by atoms with Gasteiger partial charge in [0.1, 0.15) is 5.82 Å². The molecule has 1 atom stereocenters. The van der Waals surface area contributed by atoms with Crippen molar-refractivity contribution in [2.45, 2.75) is 6.04 Å². The highest BCUT2D eigenvalue weighted by Crippen LogP contribution is 2.23. The Labute approximate surface area is 170 Å². The predicted molar refractivity (Wildman–Crippen MR) is 108 cm³/mol. The SMILES string of the molecule is O=C(NCC(c1ccc(Cl)cc1)N1CCOCC1)c1ccc(I)c(F)c1. The molecule has 7 heteroatoms. The minimum absolute atomic E-state index is 0.00816. The van der Waals surface area contributed by atoms with Crippen LogP contribution >= 0.6 is 34.2 Å². The standard InChI is InChI=1S/C19H19ClFIN2O2/c20-15-4-1-13(2-5-15)18(24-7-9-26-10-8-24)12-23-19(25)14-3-6-17(22)16(21)11-14/h1-6,11,18H,7-10,12H2,(H,23,25). The molecule has 1 unspecified atom stereocenters. The molecule has 26 heavy (non-hydrogen) atoms. The smallest absolute Gasteiger partial charge is 0.251 e. The Balaban J connectivity index is 1.73. The third kappa shape index (κ3) is 4.94. The maximum Gasteiger partial charge on any atom is 0.251 e. The van der Waals surface area contributed by atoms with E-state index in [-0.39, 0.29) is 17.8 Å². The first-order valence-corrected chi connectivity index (χ1v) is 9.81. The zero-order valence-electron chi connectivity index (χ0n) is 14.1. The van der Waals surface area contributed by atoms with Crippen LogP contribution in [-0.4, -0.2) is 43.7 Å². The summed E-state index contributed by atoms with van der Waals surface area (Å²) >= 11 is 7.90. The van der Waals surface area contributed by atoms with Crippen LogP contribution < -0.4 is 5.32 Å². The van der Waals surface area contributed by atoms with E-state index in [4.69, 9.17) is 16.3 Å². The van der Waals surface area contributed by atoms with E-state index in [1.807, 2.05) is 46.9 Å².